The molecule has 1 saturated heterocycles. The number of carbonyl (C=O) groups is 2. The van der Waals surface area contributed by atoms with Gasteiger partial charge in [-0.1, -0.05) is 12.1 Å². The Hall–Kier alpha value is -2.35. The standard InChI is InChI=1S/C18H21BrN4O3/c1-11(26-15-6-4-3-5-13(15)19)18(25)21-14-7-8-16(24)22-17(14)12-9-20-23(2)10-12/h3-6,9-11,14,17H,7-8H2,1-2H3,(H,21,25)(H,22,24)/t11?,14-,17?/m0/s1. The molecular formula is C18H21BrN4O3. The van der Waals surface area contributed by atoms with Crippen molar-refractivity contribution in [2.24, 2.45) is 7.05 Å². The van der Waals surface area contributed by atoms with Crippen LogP contribution in [0.25, 0.3) is 0 Å². The maximum Gasteiger partial charge on any atom is 0.261 e. The van der Waals surface area contributed by atoms with Crippen LogP contribution in [-0.4, -0.2) is 33.7 Å². The van der Waals surface area contributed by atoms with Gasteiger partial charge >= 0.3 is 0 Å². The van der Waals surface area contributed by atoms with Gasteiger partial charge in [-0.05, 0) is 41.4 Å². The van der Waals surface area contributed by atoms with Crippen LogP contribution in [0.1, 0.15) is 31.4 Å². The number of hydrogen-bond acceptors (Lipinski definition) is 4. The Bertz CT molecular complexity index is 807. The fraction of sp³-hybridized carbons (Fsp3) is 0.389. The third-order valence-corrected chi connectivity index (χ3v) is 4.98. The van der Waals surface area contributed by atoms with Crippen LogP contribution in [0.15, 0.2) is 41.1 Å². The van der Waals surface area contributed by atoms with Gasteiger partial charge < -0.3 is 15.4 Å². The minimum Gasteiger partial charge on any atom is -0.480 e. The molecule has 1 aliphatic heterocycles. The third kappa shape index (κ3) is 4.24. The van der Waals surface area contributed by atoms with E-state index in [-0.39, 0.29) is 23.9 Å². The minimum atomic E-state index is -0.666. The smallest absolute Gasteiger partial charge is 0.261 e. The number of halogens is 1. The van der Waals surface area contributed by atoms with Gasteiger partial charge in [0.15, 0.2) is 6.10 Å². The summed E-state index contributed by atoms with van der Waals surface area (Å²) >= 11 is 3.41. The fourth-order valence-corrected chi connectivity index (χ4v) is 3.33. The number of carbonyl (C=O) groups excluding carboxylic acids is 2. The predicted octanol–water partition coefficient (Wildman–Crippen LogP) is 2.09. The molecule has 2 amide bonds. The van der Waals surface area contributed by atoms with Gasteiger partial charge in [-0.2, -0.15) is 5.10 Å². The highest BCUT2D eigenvalue weighted by Gasteiger charge is 2.33. The largest absolute Gasteiger partial charge is 0.480 e. The molecule has 7 nitrogen and oxygen atoms in total. The first-order valence-corrected chi connectivity index (χ1v) is 9.23. The summed E-state index contributed by atoms with van der Waals surface area (Å²) in [5.41, 5.74) is 0.866. The molecular weight excluding hydrogens is 400 g/mol. The van der Waals surface area contributed by atoms with Crippen molar-refractivity contribution in [3.63, 3.8) is 0 Å². The number of rotatable bonds is 5. The number of amides is 2. The van der Waals surface area contributed by atoms with Crippen molar-refractivity contribution in [3.05, 3.63) is 46.7 Å². The number of benzene rings is 1. The molecule has 1 fully saturated rings. The Morgan fingerprint density at radius 2 is 2.23 bits per heavy atom. The SMILES string of the molecule is CC(Oc1ccccc1Br)C(=O)N[C@H]1CCC(=O)NC1c1cnn(C)c1. The molecule has 1 aromatic heterocycles. The highest BCUT2D eigenvalue weighted by molar-refractivity contribution is 9.10. The zero-order valence-corrected chi connectivity index (χ0v) is 16.2. The molecule has 0 bridgehead atoms. The van der Waals surface area contributed by atoms with E-state index in [0.717, 1.165) is 10.0 Å². The molecule has 3 atom stereocenters. The van der Waals surface area contributed by atoms with Gasteiger partial charge in [0.25, 0.3) is 5.91 Å². The van der Waals surface area contributed by atoms with Gasteiger partial charge in [0, 0.05) is 25.2 Å². The lowest BCUT2D eigenvalue weighted by molar-refractivity contribution is -0.130. The van der Waals surface area contributed by atoms with Crippen LogP contribution in [0.5, 0.6) is 5.75 Å². The van der Waals surface area contributed by atoms with Gasteiger partial charge in [-0.3, -0.25) is 14.3 Å². The van der Waals surface area contributed by atoms with Crippen LogP contribution >= 0.6 is 15.9 Å². The third-order valence-electron chi connectivity index (χ3n) is 4.32. The van der Waals surface area contributed by atoms with Gasteiger partial charge in [0.1, 0.15) is 5.75 Å². The quantitative estimate of drug-likeness (QED) is 0.775. The molecule has 0 radical (unpaired) electrons. The monoisotopic (exact) mass is 420 g/mol. The molecule has 2 heterocycles. The molecule has 1 aliphatic rings. The topological polar surface area (TPSA) is 85.2 Å². The lowest BCUT2D eigenvalue weighted by Crippen LogP contribution is -2.52. The molecule has 0 spiro atoms. The fourth-order valence-electron chi connectivity index (χ4n) is 2.96. The second kappa shape index (κ2) is 7.90. The highest BCUT2D eigenvalue weighted by Crippen LogP contribution is 2.26. The number of ether oxygens (including phenoxy) is 1. The van der Waals surface area contributed by atoms with Crippen molar-refractivity contribution >= 4 is 27.7 Å². The Labute approximate surface area is 160 Å². The van der Waals surface area contributed by atoms with E-state index in [0.29, 0.717) is 18.6 Å². The Balaban J connectivity index is 1.68. The molecule has 0 saturated carbocycles. The Morgan fingerprint density at radius 3 is 2.92 bits per heavy atom. The highest BCUT2D eigenvalue weighted by atomic mass is 79.9. The van der Waals surface area contributed by atoms with E-state index >= 15 is 0 Å². The Kier molecular flexibility index (Phi) is 5.61. The number of nitrogens with one attached hydrogen (secondary N) is 2. The van der Waals surface area contributed by atoms with Gasteiger partial charge in [0.05, 0.1) is 22.8 Å². The Morgan fingerprint density at radius 1 is 1.46 bits per heavy atom. The summed E-state index contributed by atoms with van der Waals surface area (Å²) in [7, 11) is 1.81. The summed E-state index contributed by atoms with van der Waals surface area (Å²) in [5.74, 6) is 0.355. The van der Waals surface area contributed by atoms with E-state index in [1.54, 1.807) is 23.9 Å². The predicted molar refractivity (Wildman–Crippen MR) is 99.5 cm³/mol. The van der Waals surface area contributed by atoms with Crippen molar-refractivity contribution < 1.29 is 14.3 Å². The summed E-state index contributed by atoms with van der Waals surface area (Å²) in [6, 6.07) is 6.87. The van der Waals surface area contributed by atoms with Crippen LogP contribution in [0, 0.1) is 0 Å². The first-order chi connectivity index (χ1) is 12.4. The molecule has 2 N–H and O–H groups in total. The summed E-state index contributed by atoms with van der Waals surface area (Å²) < 4.78 is 8.22. The molecule has 138 valence electrons. The first kappa shape index (κ1) is 18.4. The lowest BCUT2D eigenvalue weighted by atomic mass is 9.93. The number of aromatic nitrogens is 2. The van der Waals surface area contributed by atoms with Gasteiger partial charge in [0.2, 0.25) is 5.91 Å². The van der Waals surface area contributed by atoms with Crippen molar-refractivity contribution in [1.29, 1.82) is 0 Å². The number of para-hydroxylation sites is 1. The van der Waals surface area contributed by atoms with E-state index < -0.39 is 6.10 Å². The van der Waals surface area contributed by atoms with Crippen LogP contribution in [0.2, 0.25) is 0 Å². The lowest BCUT2D eigenvalue weighted by Gasteiger charge is -2.33. The summed E-state index contributed by atoms with van der Waals surface area (Å²) in [6.45, 7) is 1.70. The maximum atomic E-state index is 12.6. The van der Waals surface area contributed by atoms with Gasteiger partial charge in [-0.25, -0.2) is 0 Å². The molecule has 8 heteroatoms. The number of nitrogens with zero attached hydrogens (tertiary/aromatic N) is 2. The summed E-state index contributed by atoms with van der Waals surface area (Å²) in [6.07, 6.45) is 3.83. The van der Waals surface area contributed by atoms with E-state index in [1.165, 1.54) is 0 Å². The van der Waals surface area contributed by atoms with Gasteiger partial charge in [-0.15, -0.1) is 0 Å². The van der Waals surface area contributed by atoms with E-state index in [9.17, 15) is 9.59 Å². The van der Waals surface area contributed by atoms with Crippen LogP contribution in [0.4, 0.5) is 0 Å². The zero-order chi connectivity index (χ0) is 18.7. The minimum absolute atomic E-state index is 0.0260. The maximum absolute atomic E-state index is 12.6. The molecule has 26 heavy (non-hydrogen) atoms. The average molecular weight is 421 g/mol. The molecule has 0 aliphatic carbocycles. The zero-order valence-electron chi connectivity index (χ0n) is 14.6. The summed E-state index contributed by atoms with van der Waals surface area (Å²) in [4.78, 5) is 24.4. The first-order valence-electron chi connectivity index (χ1n) is 8.43. The number of piperidine rings is 1. The van der Waals surface area contributed by atoms with Crippen LogP contribution < -0.4 is 15.4 Å². The molecule has 2 unspecified atom stereocenters. The molecule has 2 aromatic rings. The second-order valence-corrected chi connectivity index (χ2v) is 7.19. The van der Waals surface area contributed by atoms with Crippen LogP contribution in [0.3, 0.4) is 0 Å². The normalized spacial score (nSPS) is 21.0. The van der Waals surface area contributed by atoms with Crippen molar-refractivity contribution in [2.75, 3.05) is 0 Å². The van der Waals surface area contributed by atoms with Crippen molar-refractivity contribution in [1.82, 2.24) is 20.4 Å². The van der Waals surface area contributed by atoms with E-state index in [2.05, 4.69) is 31.7 Å². The van der Waals surface area contributed by atoms with Crippen molar-refractivity contribution in [2.45, 2.75) is 38.0 Å². The molecule has 3 rings (SSSR count). The second-order valence-electron chi connectivity index (χ2n) is 6.34. The molecule has 1 aromatic carbocycles. The number of aryl methyl sites for hydroxylation is 1. The van der Waals surface area contributed by atoms with E-state index in [1.807, 2.05) is 31.4 Å². The number of hydrogen-bond donors (Lipinski definition) is 2. The van der Waals surface area contributed by atoms with Crippen LogP contribution in [-0.2, 0) is 16.6 Å². The van der Waals surface area contributed by atoms with Crippen molar-refractivity contribution in [3.8, 4) is 5.75 Å². The van der Waals surface area contributed by atoms with E-state index in [4.69, 9.17) is 4.74 Å². The summed E-state index contributed by atoms with van der Waals surface area (Å²) in [5, 5.41) is 10.1. The average Bonchev–Trinajstić information content (AvgIpc) is 3.04.